The van der Waals surface area contributed by atoms with Crippen molar-refractivity contribution in [3.63, 3.8) is 0 Å². The Morgan fingerprint density at radius 2 is 2.06 bits per heavy atom. The van der Waals surface area contributed by atoms with Gasteiger partial charge in [0.05, 0.1) is 0 Å². The second kappa shape index (κ2) is 6.08. The number of carbonyl (C=O) groups is 2. The van der Waals surface area contributed by atoms with E-state index in [1.165, 1.54) is 12.1 Å². The fourth-order valence-electron chi connectivity index (χ4n) is 1.29. The maximum absolute atomic E-state index is 13.5. The number of hydrogen-bond acceptors (Lipinski definition) is 4. The van der Waals surface area contributed by atoms with Gasteiger partial charge in [-0.2, -0.15) is 0 Å². The van der Waals surface area contributed by atoms with Crippen molar-refractivity contribution in [1.82, 2.24) is 5.32 Å². The van der Waals surface area contributed by atoms with Gasteiger partial charge in [-0.3, -0.25) is 9.59 Å². The second-order valence-corrected chi connectivity index (χ2v) is 3.72. The highest BCUT2D eigenvalue weighted by molar-refractivity contribution is 5.92. The molecule has 1 atom stereocenters. The normalized spacial score (nSPS) is 12.1. The van der Waals surface area contributed by atoms with Crippen molar-refractivity contribution in [3.8, 4) is 0 Å². The minimum Gasteiger partial charge on any atom is -0.382 e. The summed E-state index contributed by atoms with van der Waals surface area (Å²) in [7, 11) is 0. The molecule has 0 aliphatic rings. The second-order valence-electron chi connectivity index (χ2n) is 3.72. The van der Waals surface area contributed by atoms with Crippen LogP contribution >= 0.6 is 0 Å². The van der Waals surface area contributed by atoms with Crippen LogP contribution < -0.4 is 16.8 Å². The maximum Gasteiger partial charge on any atom is 0.248 e. The summed E-state index contributed by atoms with van der Waals surface area (Å²) < 4.78 is 13.5. The Bertz CT molecular complexity index is 465. The standard InChI is InChI=1S/C11H14FN3O3/c12-8-3-6(10(13)17)1-2-7(8)4-15-5-9(16)11(14)18/h1-3,9,15-16H,4-5H2,(H2,13,17)(H2,14,18). The van der Waals surface area contributed by atoms with E-state index < -0.39 is 23.7 Å². The fourth-order valence-corrected chi connectivity index (χ4v) is 1.29. The molecule has 1 aromatic carbocycles. The molecule has 0 radical (unpaired) electrons. The van der Waals surface area contributed by atoms with Crippen LogP contribution in [0.25, 0.3) is 0 Å². The molecule has 18 heavy (non-hydrogen) atoms. The summed E-state index contributed by atoms with van der Waals surface area (Å²) in [5.74, 6) is -2.16. The molecule has 0 bridgehead atoms. The van der Waals surface area contributed by atoms with Gasteiger partial charge in [0.15, 0.2) is 0 Å². The van der Waals surface area contributed by atoms with Crippen LogP contribution in [0, 0.1) is 5.82 Å². The van der Waals surface area contributed by atoms with Crippen molar-refractivity contribution in [1.29, 1.82) is 0 Å². The molecule has 6 N–H and O–H groups in total. The van der Waals surface area contributed by atoms with Crippen LogP contribution in [0.1, 0.15) is 15.9 Å². The van der Waals surface area contributed by atoms with Gasteiger partial charge in [0.2, 0.25) is 11.8 Å². The molecule has 1 aromatic rings. The van der Waals surface area contributed by atoms with Crippen LogP contribution in [-0.2, 0) is 11.3 Å². The Morgan fingerprint density at radius 1 is 1.39 bits per heavy atom. The van der Waals surface area contributed by atoms with Gasteiger partial charge in [-0.1, -0.05) is 6.07 Å². The van der Waals surface area contributed by atoms with E-state index in [0.29, 0.717) is 0 Å². The van der Waals surface area contributed by atoms with Gasteiger partial charge >= 0.3 is 0 Å². The molecule has 98 valence electrons. The molecule has 0 aromatic heterocycles. The third kappa shape index (κ3) is 3.79. The molecular formula is C11H14FN3O3. The highest BCUT2D eigenvalue weighted by Crippen LogP contribution is 2.09. The van der Waals surface area contributed by atoms with Gasteiger partial charge in [0.25, 0.3) is 0 Å². The van der Waals surface area contributed by atoms with Crippen LogP contribution in [0.5, 0.6) is 0 Å². The zero-order valence-electron chi connectivity index (χ0n) is 9.52. The number of primary amides is 2. The van der Waals surface area contributed by atoms with E-state index >= 15 is 0 Å². The monoisotopic (exact) mass is 255 g/mol. The molecule has 0 aliphatic carbocycles. The summed E-state index contributed by atoms with van der Waals surface area (Å²) in [5, 5.41) is 11.8. The zero-order valence-corrected chi connectivity index (χ0v) is 9.52. The Hall–Kier alpha value is -1.99. The highest BCUT2D eigenvalue weighted by Gasteiger charge is 2.11. The van der Waals surface area contributed by atoms with Crippen molar-refractivity contribution in [2.24, 2.45) is 11.5 Å². The molecule has 1 unspecified atom stereocenters. The predicted molar refractivity (Wildman–Crippen MR) is 61.8 cm³/mol. The van der Waals surface area contributed by atoms with E-state index in [0.717, 1.165) is 6.07 Å². The number of halogens is 1. The molecule has 0 spiro atoms. The van der Waals surface area contributed by atoms with Crippen LogP contribution in [0.3, 0.4) is 0 Å². The van der Waals surface area contributed by atoms with Crippen LogP contribution in [0.15, 0.2) is 18.2 Å². The van der Waals surface area contributed by atoms with E-state index in [2.05, 4.69) is 5.32 Å². The lowest BCUT2D eigenvalue weighted by Gasteiger charge is -2.09. The molecule has 0 fully saturated rings. The Labute approximate surface area is 103 Å². The third-order valence-electron chi connectivity index (χ3n) is 2.32. The fraction of sp³-hybridized carbons (Fsp3) is 0.273. The number of nitrogens with one attached hydrogen (secondary N) is 1. The van der Waals surface area contributed by atoms with Gasteiger partial charge < -0.3 is 21.9 Å². The zero-order chi connectivity index (χ0) is 13.7. The highest BCUT2D eigenvalue weighted by atomic mass is 19.1. The van der Waals surface area contributed by atoms with E-state index in [1.54, 1.807) is 0 Å². The summed E-state index contributed by atoms with van der Waals surface area (Å²) in [6.45, 7) is 0.0154. The summed E-state index contributed by atoms with van der Waals surface area (Å²) in [4.78, 5) is 21.3. The number of nitrogens with two attached hydrogens (primary N) is 2. The first kappa shape index (κ1) is 14.1. The Balaban J connectivity index is 2.58. The molecule has 2 amide bonds. The lowest BCUT2D eigenvalue weighted by atomic mass is 10.1. The number of hydrogen-bond donors (Lipinski definition) is 4. The van der Waals surface area contributed by atoms with Crippen molar-refractivity contribution in [2.45, 2.75) is 12.6 Å². The third-order valence-corrected chi connectivity index (χ3v) is 2.32. The van der Waals surface area contributed by atoms with E-state index in [1.807, 2.05) is 0 Å². The Morgan fingerprint density at radius 3 is 2.56 bits per heavy atom. The van der Waals surface area contributed by atoms with E-state index in [9.17, 15) is 14.0 Å². The van der Waals surface area contributed by atoms with Gasteiger partial charge in [0, 0.05) is 24.2 Å². The number of carbonyl (C=O) groups excluding carboxylic acids is 2. The van der Waals surface area contributed by atoms with Crippen molar-refractivity contribution in [2.75, 3.05) is 6.54 Å². The average Bonchev–Trinajstić information content (AvgIpc) is 2.30. The smallest absolute Gasteiger partial charge is 0.248 e. The van der Waals surface area contributed by atoms with E-state index in [-0.39, 0.29) is 24.2 Å². The number of amides is 2. The van der Waals surface area contributed by atoms with Crippen LogP contribution in [-0.4, -0.2) is 29.6 Å². The first-order valence-corrected chi connectivity index (χ1v) is 5.18. The van der Waals surface area contributed by atoms with E-state index in [4.69, 9.17) is 16.6 Å². The molecule has 0 heterocycles. The number of aliphatic hydroxyl groups excluding tert-OH is 1. The number of aliphatic hydroxyl groups is 1. The summed E-state index contributed by atoms with van der Waals surface area (Å²) in [6, 6.07) is 3.83. The lowest BCUT2D eigenvalue weighted by molar-refractivity contribution is -0.125. The maximum atomic E-state index is 13.5. The molecular weight excluding hydrogens is 241 g/mol. The molecule has 7 heteroatoms. The number of rotatable bonds is 6. The van der Waals surface area contributed by atoms with Crippen molar-refractivity contribution in [3.05, 3.63) is 35.1 Å². The molecule has 6 nitrogen and oxygen atoms in total. The molecule has 0 aliphatic heterocycles. The van der Waals surface area contributed by atoms with Gasteiger partial charge in [-0.15, -0.1) is 0 Å². The number of benzene rings is 1. The van der Waals surface area contributed by atoms with Gasteiger partial charge in [-0.25, -0.2) is 4.39 Å². The van der Waals surface area contributed by atoms with Crippen molar-refractivity contribution < 1.29 is 19.1 Å². The first-order valence-electron chi connectivity index (χ1n) is 5.18. The van der Waals surface area contributed by atoms with Gasteiger partial charge in [0.1, 0.15) is 11.9 Å². The van der Waals surface area contributed by atoms with Gasteiger partial charge in [-0.05, 0) is 12.1 Å². The summed E-state index contributed by atoms with van der Waals surface area (Å²) in [5.41, 5.74) is 10.2. The summed E-state index contributed by atoms with van der Waals surface area (Å²) in [6.07, 6.45) is -1.32. The molecule has 0 saturated carbocycles. The van der Waals surface area contributed by atoms with Crippen molar-refractivity contribution >= 4 is 11.8 Å². The lowest BCUT2D eigenvalue weighted by Crippen LogP contribution is -2.37. The van der Waals surface area contributed by atoms with Crippen LogP contribution in [0.2, 0.25) is 0 Å². The quantitative estimate of drug-likeness (QED) is 0.513. The SMILES string of the molecule is NC(=O)c1ccc(CNCC(O)C(N)=O)c(F)c1. The Kier molecular flexibility index (Phi) is 4.75. The average molecular weight is 255 g/mol. The molecule has 0 saturated heterocycles. The minimum absolute atomic E-state index is 0.0770. The molecule has 1 rings (SSSR count). The first-order chi connectivity index (χ1) is 8.41. The summed E-state index contributed by atoms with van der Waals surface area (Å²) >= 11 is 0. The predicted octanol–water partition coefficient (Wildman–Crippen LogP) is -1.14. The van der Waals surface area contributed by atoms with Crippen LogP contribution in [0.4, 0.5) is 4.39 Å². The largest absolute Gasteiger partial charge is 0.382 e. The minimum atomic E-state index is -1.32. The topological polar surface area (TPSA) is 118 Å².